The normalized spacial score (nSPS) is 15.3. The van der Waals surface area contributed by atoms with Crippen molar-refractivity contribution in [3.63, 3.8) is 0 Å². The lowest BCUT2D eigenvalue weighted by molar-refractivity contribution is 0.414. The largest absolute Gasteiger partial charge is 0.497 e. The molecule has 1 saturated carbocycles. The average molecular weight is 429 g/mol. The van der Waals surface area contributed by atoms with Gasteiger partial charge in [-0.05, 0) is 55.7 Å². The van der Waals surface area contributed by atoms with Crippen LogP contribution in [0.1, 0.15) is 25.3 Å². The summed E-state index contributed by atoms with van der Waals surface area (Å²) in [7, 11) is -0.823. The molecule has 1 aliphatic rings. The predicted octanol–water partition coefficient (Wildman–Crippen LogP) is 1.59. The van der Waals surface area contributed by atoms with Crippen molar-refractivity contribution in [2.24, 2.45) is 7.05 Å². The van der Waals surface area contributed by atoms with E-state index in [2.05, 4.69) is 4.72 Å². The van der Waals surface area contributed by atoms with Crippen molar-refractivity contribution >= 4 is 20.9 Å². The highest BCUT2D eigenvalue weighted by atomic mass is 32.2. The summed E-state index contributed by atoms with van der Waals surface area (Å²) < 4.78 is 35.8. The van der Waals surface area contributed by atoms with Crippen LogP contribution in [-0.2, 0) is 23.6 Å². The molecule has 1 heterocycles. The zero-order valence-corrected chi connectivity index (χ0v) is 17.8. The van der Waals surface area contributed by atoms with Gasteiger partial charge in [0.15, 0.2) is 0 Å². The zero-order valence-electron chi connectivity index (χ0n) is 17.0. The number of ether oxygens (including phenoxy) is 1. The first-order valence-corrected chi connectivity index (χ1v) is 11.0. The van der Waals surface area contributed by atoms with Gasteiger partial charge in [-0.3, -0.25) is 13.9 Å². The summed E-state index contributed by atoms with van der Waals surface area (Å²) in [6.45, 7) is 2.06. The highest BCUT2D eigenvalue weighted by Crippen LogP contribution is 2.36. The lowest BCUT2D eigenvalue weighted by atomic mass is 10.2. The molecule has 0 aliphatic heterocycles. The molecular formula is C21H23N3O5S. The fourth-order valence-corrected chi connectivity index (χ4v) is 4.91. The van der Waals surface area contributed by atoms with Crippen molar-refractivity contribution in [1.29, 1.82) is 0 Å². The number of fused-ring (bicyclic) bond motifs is 1. The third-order valence-corrected chi connectivity index (χ3v) is 7.11. The van der Waals surface area contributed by atoms with Gasteiger partial charge in [0.2, 0.25) is 10.0 Å². The Morgan fingerprint density at radius 1 is 1.13 bits per heavy atom. The summed E-state index contributed by atoms with van der Waals surface area (Å²) in [6, 6.07) is 11.6. The quantitative estimate of drug-likeness (QED) is 0.642. The molecule has 158 valence electrons. The van der Waals surface area contributed by atoms with E-state index in [-0.39, 0.29) is 16.8 Å². The summed E-state index contributed by atoms with van der Waals surface area (Å²) in [5.41, 5.74) is -0.246. The highest BCUT2D eigenvalue weighted by molar-refractivity contribution is 7.89. The van der Waals surface area contributed by atoms with E-state index in [1.54, 1.807) is 13.2 Å². The Bertz CT molecular complexity index is 1370. The fourth-order valence-electron chi connectivity index (χ4n) is 3.42. The summed E-state index contributed by atoms with van der Waals surface area (Å²) in [5.74, 6) is 0.655. The van der Waals surface area contributed by atoms with Gasteiger partial charge in [-0.1, -0.05) is 12.1 Å². The Morgan fingerprint density at radius 3 is 2.53 bits per heavy atom. The van der Waals surface area contributed by atoms with Crippen LogP contribution >= 0.6 is 0 Å². The lowest BCUT2D eigenvalue weighted by Crippen LogP contribution is -2.38. The van der Waals surface area contributed by atoms with Gasteiger partial charge in [-0.15, -0.1) is 0 Å². The van der Waals surface area contributed by atoms with E-state index in [1.807, 2.05) is 25.1 Å². The monoisotopic (exact) mass is 429 g/mol. The number of sulfonamides is 1. The predicted molar refractivity (Wildman–Crippen MR) is 114 cm³/mol. The lowest BCUT2D eigenvalue weighted by Gasteiger charge is -2.15. The molecule has 0 amide bonds. The minimum atomic E-state index is -3.77. The molecule has 1 aromatic heterocycles. The molecule has 8 nitrogen and oxygen atoms in total. The van der Waals surface area contributed by atoms with Gasteiger partial charge >= 0.3 is 5.69 Å². The number of nitrogens with zero attached hydrogens (tertiary/aromatic N) is 2. The molecule has 30 heavy (non-hydrogen) atoms. The van der Waals surface area contributed by atoms with Gasteiger partial charge in [0, 0.05) is 12.6 Å². The number of hydrogen-bond acceptors (Lipinski definition) is 5. The summed E-state index contributed by atoms with van der Waals surface area (Å²) in [5, 5.41) is 0.170. The van der Waals surface area contributed by atoms with Gasteiger partial charge in [0.05, 0.1) is 29.5 Å². The van der Waals surface area contributed by atoms with E-state index in [4.69, 9.17) is 4.74 Å². The number of nitrogens with one attached hydrogen (secondary N) is 1. The molecule has 0 unspecified atom stereocenters. The van der Waals surface area contributed by atoms with E-state index in [9.17, 15) is 18.0 Å². The van der Waals surface area contributed by atoms with Crippen molar-refractivity contribution < 1.29 is 13.2 Å². The minimum Gasteiger partial charge on any atom is -0.497 e. The van der Waals surface area contributed by atoms with Gasteiger partial charge < -0.3 is 4.74 Å². The molecule has 0 spiro atoms. The SMILES string of the molecule is COc1cccc(Cn2c(=O)n(C)c(=O)c3cc(S(=O)(=O)NC4(C)CC4)ccc32)c1. The van der Waals surface area contributed by atoms with Crippen LogP contribution in [0.4, 0.5) is 0 Å². The Balaban J connectivity index is 1.85. The molecule has 9 heteroatoms. The highest BCUT2D eigenvalue weighted by Gasteiger charge is 2.41. The molecule has 0 saturated heterocycles. The van der Waals surface area contributed by atoms with Crippen LogP contribution in [0, 0.1) is 0 Å². The molecule has 0 atom stereocenters. The van der Waals surface area contributed by atoms with Crippen LogP contribution in [0.2, 0.25) is 0 Å². The van der Waals surface area contributed by atoms with Crippen LogP contribution < -0.4 is 20.7 Å². The van der Waals surface area contributed by atoms with Crippen molar-refractivity contribution in [2.45, 2.75) is 36.7 Å². The van der Waals surface area contributed by atoms with E-state index < -0.39 is 26.8 Å². The third kappa shape index (κ3) is 3.66. The van der Waals surface area contributed by atoms with E-state index in [1.165, 1.54) is 29.8 Å². The van der Waals surface area contributed by atoms with E-state index in [0.717, 1.165) is 23.0 Å². The molecular weight excluding hydrogens is 406 g/mol. The third-order valence-electron chi connectivity index (χ3n) is 5.48. The summed E-state index contributed by atoms with van der Waals surface area (Å²) >= 11 is 0. The second kappa shape index (κ2) is 7.10. The van der Waals surface area contributed by atoms with Crippen molar-refractivity contribution in [3.05, 3.63) is 68.9 Å². The number of benzene rings is 2. The fraction of sp³-hybridized carbons (Fsp3) is 0.333. The van der Waals surface area contributed by atoms with Gasteiger partial charge in [0.1, 0.15) is 5.75 Å². The first-order chi connectivity index (χ1) is 14.1. The van der Waals surface area contributed by atoms with Crippen LogP contribution in [0.15, 0.2) is 56.9 Å². The van der Waals surface area contributed by atoms with Crippen molar-refractivity contribution in [3.8, 4) is 5.75 Å². The maximum atomic E-state index is 12.8. The zero-order chi connectivity index (χ0) is 21.7. The van der Waals surface area contributed by atoms with E-state index in [0.29, 0.717) is 11.3 Å². The number of aromatic nitrogens is 2. The summed E-state index contributed by atoms with van der Waals surface area (Å²) in [4.78, 5) is 25.6. The molecule has 4 rings (SSSR count). The molecule has 0 radical (unpaired) electrons. The first kappa shape index (κ1) is 20.4. The van der Waals surface area contributed by atoms with Crippen LogP contribution in [-0.4, -0.2) is 30.2 Å². The summed E-state index contributed by atoms with van der Waals surface area (Å²) in [6.07, 6.45) is 1.56. The average Bonchev–Trinajstić information content (AvgIpc) is 3.45. The Labute approximate surface area is 173 Å². The standard InChI is InChI=1S/C21H23N3O5S/c1-21(9-10-21)22-30(27,28)16-7-8-18-17(12-16)19(25)23(2)20(26)24(18)13-14-5-4-6-15(11-14)29-3/h4-8,11-12,22H,9-10,13H2,1-3H3. The van der Waals surface area contributed by atoms with Crippen LogP contribution in [0.5, 0.6) is 5.75 Å². The van der Waals surface area contributed by atoms with E-state index >= 15 is 0 Å². The second-order valence-electron chi connectivity index (χ2n) is 7.93. The van der Waals surface area contributed by atoms with Crippen LogP contribution in [0.3, 0.4) is 0 Å². The maximum absolute atomic E-state index is 12.8. The molecule has 1 aliphatic carbocycles. The van der Waals surface area contributed by atoms with Gasteiger partial charge in [-0.25, -0.2) is 17.9 Å². The maximum Gasteiger partial charge on any atom is 0.331 e. The van der Waals surface area contributed by atoms with Crippen LogP contribution in [0.25, 0.3) is 10.9 Å². The molecule has 1 fully saturated rings. The number of methoxy groups -OCH3 is 1. The van der Waals surface area contributed by atoms with Crippen molar-refractivity contribution in [1.82, 2.24) is 13.9 Å². The van der Waals surface area contributed by atoms with Crippen molar-refractivity contribution in [2.75, 3.05) is 7.11 Å². The Hall–Kier alpha value is -2.91. The second-order valence-corrected chi connectivity index (χ2v) is 9.61. The first-order valence-electron chi connectivity index (χ1n) is 9.54. The Morgan fingerprint density at radius 2 is 1.87 bits per heavy atom. The van der Waals surface area contributed by atoms with Gasteiger partial charge in [0.25, 0.3) is 5.56 Å². The molecule has 1 N–H and O–H groups in total. The molecule has 3 aromatic rings. The number of rotatable bonds is 6. The Kier molecular flexibility index (Phi) is 4.82. The molecule has 2 aromatic carbocycles. The minimum absolute atomic E-state index is 0.00630. The smallest absolute Gasteiger partial charge is 0.331 e. The molecule has 0 bridgehead atoms. The van der Waals surface area contributed by atoms with Gasteiger partial charge in [-0.2, -0.15) is 0 Å². The topological polar surface area (TPSA) is 99.4 Å². The number of hydrogen-bond donors (Lipinski definition) is 1.